The van der Waals surface area contributed by atoms with Crippen molar-refractivity contribution in [1.82, 2.24) is 10.2 Å². The normalized spacial score (nSPS) is 19.3. The molecule has 1 spiro atoms. The third kappa shape index (κ3) is 4.69. The summed E-state index contributed by atoms with van der Waals surface area (Å²) >= 11 is 0. The second-order valence-electron chi connectivity index (χ2n) is 7.88. The summed E-state index contributed by atoms with van der Waals surface area (Å²) in [6.45, 7) is 6.40. The Labute approximate surface area is 174 Å². The topological polar surface area (TPSA) is 58.6 Å². The van der Waals surface area contributed by atoms with Crippen LogP contribution in [0.4, 0.5) is 13.2 Å². The molecule has 0 radical (unpaired) electrons. The summed E-state index contributed by atoms with van der Waals surface area (Å²) in [7, 11) is 0. The van der Waals surface area contributed by atoms with Crippen molar-refractivity contribution in [2.24, 2.45) is 0 Å². The Balaban J connectivity index is 1.58. The van der Waals surface area contributed by atoms with Gasteiger partial charge in [0, 0.05) is 38.0 Å². The number of carbonyl (C=O) groups excluding carboxylic acids is 2. The molecule has 2 aliphatic heterocycles. The maximum atomic E-state index is 12.9. The van der Waals surface area contributed by atoms with Gasteiger partial charge in [0.25, 0.3) is 5.91 Å². The Hall–Kier alpha value is -2.35. The van der Waals surface area contributed by atoms with Crippen LogP contribution in [0.5, 0.6) is 0 Å². The lowest BCUT2D eigenvalue weighted by Gasteiger charge is -2.39. The highest BCUT2D eigenvalue weighted by Crippen LogP contribution is 2.41. The van der Waals surface area contributed by atoms with E-state index in [0.717, 1.165) is 31.8 Å². The van der Waals surface area contributed by atoms with Crippen molar-refractivity contribution >= 4 is 11.9 Å². The van der Waals surface area contributed by atoms with Crippen molar-refractivity contribution in [2.45, 2.75) is 51.3 Å². The van der Waals surface area contributed by atoms with Crippen molar-refractivity contribution in [3.63, 3.8) is 0 Å². The molecule has 0 bridgehead atoms. The maximum Gasteiger partial charge on any atom is 0.416 e. The lowest BCUT2D eigenvalue weighted by atomic mass is 9.82. The van der Waals surface area contributed by atoms with E-state index in [4.69, 9.17) is 4.74 Å². The summed E-state index contributed by atoms with van der Waals surface area (Å²) in [5, 5.41) is 2.82. The molecule has 1 saturated heterocycles. The first kappa shape index (κ1) is 22.3. The van der Waals surface area contributed by atoms with Gasteiger partial charge >= 0.3 is 12.1 Å². The largest absolute Gasteiger partial charge is 0.450 e. The monoisotopic (exact) mass is 424 g/mol. The van der Waals surface area contributed by atoms with Gasteiger partial charge in [0.05, 0.1) is 11.1 Å². The summed E-state index contributed by atoms with van der Waals surface area (Å²) in [4.78, 5) is 27.3. The minimum Gasteiger partial charge on any atom is -0.450 e. The first-order valence-corrected chi connectivity index (χ1v) is 10.3. The van der Waals surface area contributed by atoms with Crippen LogP contribution >= 0.6 is 0 Å². The molecule has 1 N–H and O–H groups in total. The van der Waals surface area contributed by atoms with Gasteiger partial charge in [0.1, 0.15) is 5.60 Å². The molecule has 0 atom stereocenters. The molecule has 0 aliphatic carbocycles. The lowest BCUT2D eigenvalue weighted by Crippen LogP contribution is -2.48. The van der Waals surface area contributed by atoms with Crippen molar-refractivity contribution in [3.8, 4) is 0 Å². The van der Waals surface area contributed by atoms with E-state index in [1.165, 1.54) is 6.07 Å². The number of halogens is 3. The molecule has 1 amide bonds. The number of ether oxygens (including phenoxy) is 1. The fourth-order valence-electron chi connectivity index (χ4n) is 4.19. The van der Waals surface area contributed by atoms with Crippen LogP contribution in [0.3, 0.4) is 0 Å². The second-order valence-corrected chi connectivity index (χ2v) is 7.88. The molecule has 1 aromatic carbocycles. The second kappa shape index (κ2) is 8.79. The van der Waals surface area contributed by atoms with Gasteiger partial charge in [-0.05, 0) is 37.9 Å². The van der Waals surface area contributed by atoms with Gasteiger partial charge in [-0.3, -0.25) is 4.79 Å². The van der Waals surface area contributed by atoms with Crippen molar-refractivity contribution in [2.75, 3.05) is 26.2 Å². The maximum absolute atomic E-state index is 12.9. The van der Waals surface area contributed by atoms with Crippen LogP contribution in [0, 0.1) is 0 Å². The number of amides is 1. The predicted octanol–water partition coefficient (Wildman–Crippen LogP) is 3.48. The minimum absolute atomic E-state index is 0.303. The number of piperidine rings is 1. The van der Waals surface area contributed by atoms with Crippen molar-refractivity contribution in [3.05, 3.63) is 46.5 Å². The Morgan fingerprint density at radius 2 is 1.97 bits per heavy atom. The first-order valence-electron chi connectivity index (χ1n) is 10.3. The Kier molecular flexibility index (Phi) is 6.55. The Morgan fingerprint density at radius 3 is 2.60 bits per heavy atom. The summed E-state index contributed by atoms with van der Waals surface area (Å²) < 4.78 is 44.1. The van der Waals surface area contributed by atoms with Crippen molar-refractivity contribution < 1.29 is 27.5 Å². The molecule has 0 aromatic heterocycles. The van der Waals surface area contributed by atoms with Crippen LogP contribution in [-0.4, -0.2) is 48.6 Å². The zero-order valence-corrected chi connectivity index (χ0v) is 17.3. The average Bonchev–Trinajstić information content (AvgIpc) is 2.95. The van der Waals surface area contributed by atoms with E-state index < -0.39 is 23.3 Å². The van der Waals surface area contributed by atoms with E-state index in [1.54, 1.807) is 13.0 Å². The lowest BCUT2D eigenvalue weighted by molar-refractivity contribution is -0.150. The van der Waals surface area contributed by atoms with Gasteiger partial charge < -0.3 is 15.0 Å². The summed E-state index contributed by atoms with van der Waals surface area (Å²) in [5.74, 6) is -0.776. The third-order valence-electron chi connectivity index (χ3n) is 5.94. The number of nitrogens with zero attached hydrogens (tertiary/aromatic N) is 1. The van der Waals surface area contributed by atoms with Crippen LogP contribution < -0.4 is 5.32 Å². The molecule has 2 heterocycles. The molecule has 2 aliphatic rings. The fourth-order valence-corrected chi connectivity index (χ4v) is 4.19. The molecular formula is C22H27F3N2O3. The SMILES string of the molecule is CCN1CCC2(CC1)OC(=O)C(C)=C2C(=O)NCCCc1cccc(C(F)(F)F)c1. The van der Waals surface area contributed by atoms with Crippen LogP contribution in [0.25, 0.3) is 0 Å². The number of aryl methyl sites for hydroxylation is 1. The van der Waals surface area contributed by atoms with Gasteiger partial charge in [0.15, 0.2) is 0 Å². The standard InChI is InChI=1S/C22H27F3N2O3/c1-3-27-12-9-21(10-13-27)18(15(2)20(29)30-21)19(28)26-11-5-7-16-6-4-8-17(14-16)22(23,24)25/h4,6,8,14H,3,5,7,9-13H2,1-2H3,(H,26,28). The highest BCUT2D eigenvalue weighted by atomic mass is 19.4. The zero-order valence-electron chi connectivity index (χ0n) is 17.3. The number of esters is 1. The predicted molar refractivity (Wildman–Crippen MR) is 106 cm³/mol. The van der Waals surface area contributed by atoms with Crippen molar-refractivity contribution in [1.29, 1.82) is 0 Å². The number of hydrogen-bond donors (Lipinski definition) is 1. The van der Waals surface area contributed by atoms with Crippen LogP contribution in [0.1, 0.15) is 44.2 Å². The molecule has 164 valence electrons. The number of likely N-dealkylation sites (tertiary alicyclic amines) is 1. The molecule has 0 unspecified atom stereocenters. The Bertz CT molecular complexity index is 840. The van der Waals surface area contributed by atoms with E-state index in [2.05, 4.69) is 17.1 Å². The molecular weight excluding hydrogens is 397 g/mol. The summed E-state index contributed by atoms with van der Waals surface area (Å²) in [5.41, 5.74) is -0.223. The third-order valence-corrected chi connectivity index (χ3v) is 5.94. The number of hydrogen-bond acceptors (Lipinski definition) is 4. The highest BCUT2D eigenvalue weighted by Gasteiger charge is 2.50. The van der Waals surface area contributed by atoms with Crippen LogP contribution in [-0.2, 0) is 26.9 Å². The Morgan fingerprint density at radius 1 is 1.27 bits per heavy atom. The highest BCUT2D eigenvalue weighted by molar-refractivity contribution is 6.07. The molecule has 5 nitrogen and oxygen atoms in total. The van der Waals surface area contributed by atoms with Gasteiger partial charge in [-0.1, -0.05) is 25.1 Å². The number of alkyl halides is 3. The van der Waals surface area contributed by atoms with E-state index in [-0.39, 0.29) is 5.91 Å². The molecule has 1 fully saturated rings. The van der Waals surface area contributed by atoms with Gasteiger partial charge in [-0.25, -0.2) is 4.79 Å². The molecule has 3 rings (SSSR count). The van der Waals surface area contributed by atoms with Gasteiger partial charge in [-0.2, -0.15) is 13.2 Å². The van der Waals surface area contributed by atoms with E-state index in [0.29, 0.717) is 48.9 Å². The quantitative estimate of drug-likeness (QED) is 0.561. The number of carbonyl (C=O) groups is 2. The molecule has 8 heteroatoms. The number of nitrogens with one attached hydrogen (secondary N) is 1. The van der Waals surface area contributed by atoms with Gasteiger partial charge in [-0.15, -0.1) is 0 Å². The molecule has 1 aromatic rings. The van der Waals surface area contributed by atoms with E-state index in [9.17, 15) is 22.8 Å². The first-order chi connectivity index (χ1) is 14.2. The van der Waals surface area contributed by atoms with Crippen LogP contribution in [0.15, 0.2) is 35.4 Å². The van der Waals surface area contributed by atoms with E-state index >= 15 is 0 Å². The molecule has 0 saturated carbocycles. The summed E-state index contributed by atoms with van der Waals surface area (Å²) in [6.07, 6.45) is -2.31. The minimum atomic E-state index is -4.37. The van der Waals surface area contributed by atoms with E-state index in [1.807, 2.05) is 0 Å². The average molecular weight is 424 g/mol. The molecule has 30 heavy (non-hydrogen) atoms. The number of benzene rings is 1. The number of rotatable bonds is 6. The van der Waals surface area contributed by atoms with Crippen LogP contribution in [0.2, 0.25) is 0 Å². The fraction of sp³-hybridized carbons (Fsp3) is 0.545. The summed E-state index contributed by atoms with van der Waals surface area (Å²) in [6, 6.07) is 5.21. The van der Waals surface area contributed by atoms with Gasteiger partial charge in [0.2, 0.25) is 0 Å². The smallest absolute Gasteiger partial charge is 0.416 e. The zero-order chi connectivity index (χ0) is 21.9.